The quantitative estimate of drug-likeness (QED) is 0.492. The Bertz CT molecular complexity index is 111. The number of rotatable bonds is 0. The van der Waals surface area contributed by atoms with E-state index in [-0.39, 0.29) is 6.10 Å². The molecule has 8 heavy (non-hydrogen) atoms. The van der Waals surface area contributed by atoms with Gasteiger partial charge in [-0.1, -0.05) is 0 Å². The Labute approximate surface area is 48.7 Å². The molecular weight excluding hydrogens is 104 g/mol. The van der Waals surface area contributed by atoms with Gasteiger partial charge in [-0.2, -0.15) is 0 Å². The molecule has 1 aliphatic rings. The highest BCUT2D eigenvalue weighted by atomic mass is 16.7. The van der Waals surface area contributed by atoms with Gasteiger partial charge >= 0.3 is 0 Å². The van der Waals surface area contributed by atoms with Gasteiger partial charge in [-0.25, -0.2) is 0 Å². The molecule has 0 spiro atoms. The lowest BCUT2D eigenvalue weighted by Crippen LogP contribution is -2.12. The van der Waals surface area contributed by atoms with Crippen LogP contribution in [0.4, 0.5) is 0 Å². The molecule has 1 fully saturated rings. The topological polar surface area (TPSA) is 33.6 Å². The normalized spacial score (nSPS) is 33.2. The van der Waals surface area contributed by atoms with E-state index in [0.717, 1.165) is 12.3 Å². The summed E-state index contributed by atoms with van der Waals surface area (Å²) in [5, 5.41) is 0. The molecule has 0 radical (unpaired) electrons. The van der Waals surface area contributed by atoms with Crippen LogP contribution in [-0.2, 0) is 4.84 Å². The molecule has 46 valence electrons. The Hall–Kier alpha value is -0.570. The third kappa shape index (κ3) is 0.980. The molecule has 1 heterocycles. The van der Waals surface area contributed by atoms with Gasteiger partial charge in [0.2, 0.25) is 0 Å². The van der Waals surface area contributed by atoms with Gasteiger partial charge in [-0.05, 0) is 6.92 Å². The largest absolute Gasteiger partial charge is 0.274 e. The van der Waals surface area contributed by atoms with E-state index in [0.29, 0.717) is 0 Å². The summed E-state index contributed by atoms with van der Waals surface area (Å²) in [6, 6.07) is 0. The fourth-order valence-electron chi connectivity index (χ4n) is 0.661. The van der Waals surface area contributed by atoms with Crippen LogP contribution in [0.25, 0.3) is 0 Å². The number of hydrogen-bond acceptors (Lipinski definition) is 2. The molecular formula is C5H10N2O. The van der Waals surface area contributed by atoms with Crippen LogP contribution in [-0.4, -0.2) is 19.0 Å². The van der Waals surface area contributed by atoms with Crippen LogP contribution in [0, 0.1) is 0 Å². The monoisotopic (exact) mass is 114 g/mol. The minimum Gasteiger partial charge on any atom is -0.274 e. The second-order valence-corrected chi connectivity index (χ2v) is 1.90. The summed E-state index contributed by atoms with van der Waals surface area (Å²) in [6.07, 6.45) is 1.20. The predicted molar refractivity (Wildman–Crippen MR) is 31.7 cm³/mol. The van der Waals surface area contributed by atoms with E-state index < -0.39 is 0 Å². The van der Waals surface area contributed by atoms with E-state index in [4.69, 9.17) is 4.84 Å². The van der Waals surface area contributed by atoms with E-state index in [1.807, 2.05) is 6.92 Å². The average molecular weight is 114 g/mol. The molecule has 1 rings (SSSR count). The van der Waals surface area contributed by atoms with Gasteiger partial charge in [0.25, 0.3) is 0 Å². The van der Waals surface area contributed by atoms with E-state index in [9.17, 15) is 0 Å². The Balaban J connectivity index is 2.44. The van der Waals surface area contributed by atoms with Crippen molar-refractivity contribution in [1.82, 2.24) is 5.48 Å². The molecule has 0 aliphatic carbocycles. The number of nitrogens with one attached hydrogen (secondary N) is 1. The van der Waals surface area contributed by atoms with Crippen LogP contribution in [0.1, 0.15) is 13.3 Å². The van der Waals surface area contributed by atoms with Crippen LogP contribution < -0.4 is 5.48 Å². The molecule has 0 aromatic rings. The molecule has 1 N–H and O–H groups in total. The minimum absolute atomic E-state index is 0.286. The van der Waals surface area contributed by atoms with Gasteiger partial charge in [0.05, 0.1) is 6.10 Å². The highest BCUT2D eigenvalue weighted by Gasteiger charge is 2.14. The van der Waals surface area contributed by atoms with Gasteiger partial charge in [0.1, 0.15) is 5.84 Å². The van der Waals surface area contributed by atoms with E-state index in [2.05, 4.69) is 10.5 Å². The van der Waals surface area contributed by atoms with Crippen molar-refractivity contribution in [2.75, 3.05) is 7.05 Å². The number of hydrogen-bond donors (Lipinski definition) is 1. The molecule has 0 aromatic heterocycles. The van der Waals surface area contributed by atoms with Crippen molar-refractivity contribution < 1.29 is 4.84 Å². The van der Waals surface area contributed by atoms with Crippen molar-refractivity contribution in [3.8, 4) is 0 Å². The zero-order valence-electron chi connectivity index (χ0n) is 5.14. The standard InChI is InChI=1S/C5H10N2O/c1-4-3-5(6-2)7-8-4/h4H,3H2,1-2H3,(H,6,7). The van der Waals surface area contributed by atoms with Crippen molar-refractivity contribution >= 4 is 5.84 Å². The number of nitrogens with zero attached hydrogens (tertiary/aromatic N) is 1. The van der Waals surface area contributed by atoms with E-state index in [1.54, 1.807) is 7.05 Å². The lowest BCUT2D eigenvalue weighted by Gasteiger charge is -1.92. The second kappa shape index (κ2) is 2.13. The fourth-order valence-corrected chi connectivity index (χ4v) is 0.661. The summed E-state index contributed by atoms with van der Waals surface area (Å²) in [6.45, 7) is 2.01. The van der Waals surface area contributed by atoms with Crippen molar-refractivity contribution in [3.05, 3.63) is 0 Å². The molecule has 0 saturated carbocycles. The van der Waals surface area contributed by atoms with Crippen molar-refractivity contribution in [2.24, 2.45) is 4.99 Å². The molecule has 3 nitrogen and oxygen atoms in total. The van der Waals surface area contributed by atoms with Crippen LogP contribution in [0.3, 0.4) is 0 Å². The highest BCUT2D eigenvalue weighted by Crippen LogP contribution is 2.02. The average Bonchev–Trinajstić information content (AvgIpc) is 2.14. The molecule has 0 amide bonds. The van der Waals surface area contributed by atoms with Crippen molar-refractivity contribution in [3.63, 3.8) is 0 Å². The van der Waals surface area contributed by atoms with Gasteiger partial charge in [0, 0.05) is 13.5 Å². The summed E-state index contributed by atoms with van der Waals surface area (Å²) in [5.41, 5.74) is 2.71. The third-order valence-electron chi connectivity index (χ3n) is 1.13. The SMILES string of the molecule is CN=C1CC(C)ON1. The van der Waals surface area contributed by atoms with Gasteiger partial charge in [-0.3, -0.25) is 15.3 Å². The molecule has 1 atom stereocenters. The minimum atomic E-state index is 0.286. The van der Waals surface area contributed by atoms with Crippen molar-refractivity contribution in [1.29, 1.82) is 0 Å². The highest BCUT2D eigenvalue weighted by molar-refractivity contribution is 5.82. The fraction of sp³-hybridized carbons (Fsp3) is 0.800. The summed E-state index contributed by atoms with van der Waals surface area (Å²) < 4.78 is 0. The summed E-state index contributed by atoms with van der Waals surface area (Å²) in [7, 11) is 1.75. The Morgan fingerprint density at radius 1 is 1.88 bits per heavy atom. The lowest BCUT2D eigenvalue weighted by molar-refractivity contribution is 0.0574. The third-order valence-corrected chi connectivity index (χ3v) is 1.13. The Morgan fingerprint density at radius 2 is 2.62 bits per heavy atom. The number of hydroxylamine groups is 1. The second-order valence-electron chi connectivity index (χ2n) is 1.90. The predicted octanol–water partition coefficient (Wildman–Crippen LogP) is 0.328. The maximum atomic E-state index is 4.98. The van der Waals surface area contributed by atoms with Gasteiger partial charge in [-0.15, -0.1) is 0 Å². The first-order valence-electron chi connectivity index (χ1n) is 2.70. The first-order chi connectivity index (χ1) is 3.83. The zero-order valence-corrected chi connectivity index (χ0v) is 5.14. The Morgan fingerprint density at radius 3 is 2.88 bits per heavy atom. The summed E-state index contributed by atoms with van der Waals surface area (Å²) in [5.74, 6) is 0.942. The number of aliphatic imine (C=N–C) groups is 1. The number of amidine groups is 1. The first kappa shape index (κ1) is 5.56. The lowest BCUT2D eigenvalue weighted by atomic mass is 10.3. The molecule has 0 bridgehead atoms. The first-order valence-corrected chi connectivity index (χ1v) is 2.70. The van der Waals surface area contributed by atoms with Crippen LogP contribution in [0.15, 0.2) is 4.99 Å². The summed E-state index contributed by atoms with van der Waals surface area (Å²) in [4.78, 5) is 8.89. The van der Waals surface area contributed by atoms with Crippen molar-refractivity contribution in [2.45, 2.75) is 19.4 Å². The van der Waals surface area contributed by atoms with Crippen LogP contribution >= 0.6 is 0 Å². The maximum absolute atomic E-state index is 4.98. The Kier molecular flexibility index (Phi) is 1.48. The maximum Gasteiger partial charge on any atom is 0.123 e. The van der Waals surface area contributed by atoms with E-state index in [1.165, 1.54) is 0 Å². The molecule has 1 aliphatic heterocycles. The molecule has 0 aromatic carbocycles. The van der Waals surface area contributed by atoms with Crippen LogP contribution in [0.2, 0.25) is 0 Å². The zero-order chi connectivity index (χ0) is 5.98. The van der Waals surface area contributed by atoms with Gasteiger partial charge in [0.15, 0.2) is 0 Å². The smallest absolute Gasteiger partial charge is 0.123 e. The molecule has 3 heteroatoms. The van der Waals surface area contributed by atoms with Crippen LogP contribution in [0.5, 0.6) is 0 Å². The summed E-state index contributed by atoms with van der Waals surface area (Å²) >= 11 is 0. The van der Waals surface area contributed by atoms with Gasteiger partial charge < -0.3 is 0 Å². The molecule has 1 saturated heterocycles. The van der Waals surface area contributed by atoms with E-state index >= 15 is 0 Å². The molecule has 1 unspecified atom stereocenters.